The van der Waals surface area contributed by atoms with E-state index >= 15 is 0 Å². The summed E-state index contributed by atoms with van der Waals surface area (Å²) in [6, 6.07) is 6.85. The van der Waals surface area contributed by atoms with Crippen LogP contribution in [-0.2, 0) is 5.41 Å². The minimum atomic E-state index is -0.405. The first-order chi connectivity index (χ1) is 8.05. The second kappa shape index (κ2) is 4.33. The number of nitriles is 1. The van der Waals surface area contributed by atoms with E-state index in [4.69, 9.17) is 5.26 Å². The van der Waals surface area contributed by atoms with Gasteiger partial charge in [-0.3, -0.25) is 0 Å². The zero-order valence-electron chi connectivity index (χ0n) is 10.3. The molecule has 1 aliphatic carbocycles. The summed E-state index contributed by atoms with van der Waals surface area (Å²) in [6.07, 6.45) is 5.29. The molecule has 17 heavy (non-hydrogen) atoms. The van der Waals surface area contributed by atoms with Crippen LogP contribution in [0.25, 0.3) is 0 Å². The number of hydrogen-bond donors (Lipinski definition) is 0. The van der Waals surface area contributed by atoms with Crippen molar-refractivity contribution in [3.05, 3.63) is 46.8 Å². The molecule has 0 radical (unpaired) electrons. The Hall–Kier alpha value is -1.62. The third-order valence-corrected chi connectivity index (χ3v) is 3.76. The number of benzene rings is 1. The molecule has 1 unspecified atom stereocenters. The van der Waals surface area contributed by atoms with Gasteiger partial charge in [0.2, 0.25) is 0 Å². The first kappa shape index (κ1) is 11.9. The van der Waals surface area contributed by atoms with E-state index in [9.17, 15) is 4.39 Å². The summed E-state index contributed by atoms with van der Waals surface area (Å²) < 4.78 is 13.6. The maximum absolute atomic E-state index is 13.6. The fraction of sp³-hybridized carbons (Fsp3) is 0.400. The van der Waals surface area contributed by atoms with Crippen molar-refractivity contribution >= 4 is 0 Å². The Labute approximate surface area is 102 Å². The van der Waals surface area contributed by atoms with Gasteiger partial charge in [-0.25, -0.2) is 4.39 Å². The van der Waals surface area contributed by atoms with Crippen LogP contribution in [0.3, 0.4) is 0 Å². The molecule has 0 fully saturated rings. The Morgan fingerprint density at radius 1 is 1.41 bits per heavy atom. The van der Waals surface area contributed by atoms with Crippen molar-refractivity contribution in [1.29, 1.82) is 5.26 Å². The van der Waals surface area contributed by atoms with Crippen molar-refractivity contribution in [2.75, 3.05) is 0 Å². The molecule has 1 aromatic carbocycles. The molecule has 0 aromatic heterocycles. The molecule has 0 heterocycles. The Balaban J connectivity index is 2.35. The molecule has 0 N–H and O–H groups in total. The zero-order chi connectivity index (χ0) is 12.5. The van der Waals surface area contributed by atoms with Crippen LogP contribution in [-0.4, -0.2) is 0 Å². The molecule has 0 saturated carbocycles. The molecule has 0 amide bonds. The van der Waals surface area contributed by atoms with Crippen LogP contribution in [0.4, 0.5) is 4.39 Å². The maximum atomic E-state index is 13.6. The topological polar surface area (TPSA) is 23.8 Å². The second-order valence-corrected chi connectivity index (χ2v) is 5.12. The van der Waals surface area contributed by atoms with Gasteiger partial charge in [0.15, 0.2) is 0 Å². The molecule has 0 spiro atoms. The van der Waals surface area contributed by atoms with Gasteiger partial charge < -0.3 is 0 Å². The van der Waals surface area contributed by atoms with Gasteiger partial charge in [0.1, 0.15) is 11.9 Å². The second-order valence-electron chi connectivity index (χ2n) is 5.12. The fourth-order valence-corrected chi connectivity index (χ4v) is 2.32. The Morgan fingerprint density at radius 2 is 2.18 bits per heavy atom. The van der Waals surface area contributed by atoms with Gasteiger partial charge in [-0.1, -0.05) is 24.6 Å². The lowest BCUT2D eigenvalue weighted by Gasteiger charge is -2.33. The predicted octanol–water partition coefficient (Wildman–Crippen LogP) is 4.09. The van der Waals surface area contributed by atoms with Crippen molar-refractivity contribution in [2.45, 2.75) is 38.5 Å². The van der Waals surface area contributed by atoms with Crippen molar-refractivity contribution < 1.29 is 4.39 Å². The van der Waals surface area contributed by atoms with Crippen LogP contribution in [0.2, 0.25) is 0 Å². The summed E-state index contributed by atoms with van der Waals surface area (Å²) >= 11 is 0. The number of allylic oxidation sites excluding steroid dienone is 2. The van der Waals surface area contributed by atoms with E-state index in [0.717, 1.165) is 24.8 Å². The largest absolute Gasteiger partial charge is 0.206 e. The van der Waals surface area contributed by atoms with Crippen molar-refractivity contribution in [1.82, 2.24) is 0 Å². The summed E-state index contributed by atoms with van der Waals surface area (Å²) in [6.45, 7) is 4.30. The monoisotopic (exact) mass is 229 g/mol. The standard InChI is InChI=1S/C15H16FN/c1-11-5-7-15(2,8-6-11)13-4-3-12(10-17)14(16)9-13/h3-5,9H,6-8H2,1-2H3. The van der Waals surface area contributed by atoms with E-state index in [1.165, 1.54) is 11.6 Å². The van der Waals surface area contributed by atoms with E-state index < -0.39 is 5.82 Å². The van der Waals surface area contributed by atoms with Crippen LogP contribution in [0, 0.1) is 17.1 Å². The molecule has 0 saturated heterocycles. The van der Waals surface area contributed by atoms with E-state index in [-0.39, 0.29) is 11.0 Å². The average Bonchev–Trinajstić information content (AvgIpc) is 2.33. The van der Waals surface area contributed by atoms with Crippen LogP contribution in [0.15, 0.2) is 29.8 Å². The molecule has 1 nitrogen and oxygen atoms in total. The summed E-state index contributed by atoms with van der Waals surface area (Å²) in [5.41, 5.74) is 2.54. The molecule has 1 atom stereocenters. The first-order valence-corrected chi connectivity index (χ1v) is 5.91. The van der Waals surface area contributed by atoms with Gasteiger partial charge >= 0.3 is 0 Å². The SMILES string of the molecule is CC1=CCC(C)(c2ccc(C#N)c(F)c2)CC1. The van der Waals surface area contributed by atoms with Gasteiger partial charge in [-0.05, 0) is 49.3 Å². The highest BCUT2D eigenvalue weighted by molar-refractivity contribution is 5.37. The number of rotatable bonds is 1. The number of nitrogens with zero attached hydrogens (tertiary/aromatic N) is 1. The summed E-state index contributed by atoms with van der Waals surface area (Å²) in [7, 11) is 0. The average molecular weight is 229 g/mol. The first-order valence-electron chi connectivity index (χ1n) is 5.91. The van der Waals surface area contributed by atoms with Gasteiger partial charge in [0.05, 0.1) is 5.56 Å². The summed E-state index contributed by atoms with van der Waals surface area (Å²) in [4.78, 5) is 0. The lowest BCUT2D eigenvalue weighted by molar-refractivity contribution is 0.417. The molecule has 0 bridgehead atoms. The van der Waals surface area contributed by atoms with E-state index in [1.54, 1.807) is 6.07 Å². The quantitative estimate of drug-likeness (QED) is 0.665. The lowest BCUT2D eigenvalue weighted by Crippen LogP contribution is -2.24. The third-order valence-electron chi connectivity index (χ3n) is 3.76. The number of halogens is 1. The Kier molecular flexibility index (Phi) is 3.02. The van der Waals surface area contributed by atoms with Crippen LogP contribution >= 0.6 is 0 Å². The molecule has 88 valence electrons. The predicted molar refractivity (Wildman–Crippen MR) is 66.1 cm³/mol. The number of hydrogen-bond acceptors (Lipinski definition) is 1. The zero-order valence-corrected chi connectivity index (χ0v) is 10.3. The van der Waals surface area contributed by atoms with Crippen molar-refractivity contribution in [2.24, 2.45) is 0 Å². The lowest BCUT2D eigenvalue weighted by atomic mass is 9.72. The van der Waals surface area contributed by atoms with Crippen LogP contribution in [0.5, 0.6) is 0 Å². The van der Waals surface area contributed by atoms with E-state index in [1.807, 2.05) is 12.1 Å². The minimum Gasteiger partial charge on any atom is -0.206 e. The Morgan fingerprint density at radius 3 is 2.71 bits per heavy atom. The van der Waals surface area contributed by atoms with Gasteiger partial charge in [0, 0.05) is 0 Å². The van der Waals surface area contributed by atoms with Crippen molar-refractivity contribution in [3.63, 3.8) is 0 Å². The van der Waals surface area contributed by atoms with Gasteiger partial charge in [-0.2, -0.15) is 5.26 Å². The highest BCUT2D eigenvalue weighted by atomic mass is 19.1. The molecule has 2 rings (SSSR count). The molecule has 0 aliphatic heterocycles. The molecular formula is C15H16FN. The van der Waals surface area contributed by atoms with Gasteiger partial charge in [-0.15, -0.1) is 0 Å². The molecule has 2 heteroatoms. The minimum absolute atomic E-state index is 0.00827. The maximum Gasteiger partial charge on any atom is 0.141 e. The highest BCUT2D eigenvalue weighted by Gasteiger charge is 2.28. The van der Waals surface area contributed by atoms with Crippen molar-refractivity contribution in [3.8, 4) is 6.07 Å². The smallest absolute Gasteiger partial charge is 0.141 e. The molecular weight excluding hydrogens is 213 g/mol. The summed E-state index contributed by atoms with van der Waals surface area (Å²) in [5.74, 6) is -0.405. The third kappa shape index (κ3) is 2.24. The normalized spacial score (nSPS) is 24.0. The molecule has 1 aromatic rings. The van der Waals surface area contributed by atoms with E-state index in [0.29, 0.717) is 0 Å². The highest BCUT2D eigenvalue weighted by Crippen LogP contribution is 2.38. The van der Waals surface area contributed by atoms with Gasteiger partial charge in [0.25, 0.3) is 0 Å². The van der Waals surface area contributed by atoms with E-state index in [2.05, 4.69) is 19.9 Å². The fourth-order valence-electron chi connectivity index (χ4n) is 2.32. The van der Waals surface area contributed by atoms with Crippen LogP contribution < -0.4 is 0 Å². The Bertz CT molecular complexity index is 510. The van der Waals surface area contributed by atoms with Crippen LogP contribution in [0.1, 0.15) is 44.2 Å². The summed E-state index contributed by atoms with van der Waals surface area (Å²) in [5, 5.41) is 8.72. The molecule has 1 aliphatic rings.